The summed E-state index contributed by atoms with van der Waals surface area (Å²) in [6, 6.07) is 2.80. The molecular weight excluding hydrogens is 429 g/mol. The molecule has 11 nitrogen and oxygen atoms in total. The molecule has 0 spiro atoms. The Kier molecular flexibility index (Phi) is 10.6. The van der Waals surface area contributed by atoms with Crippen LogP contribution in [-0.2, 0) is 23.6 Å². The standard InChI is InChI=1S/C19H30N3O8P/c1-6-15(7-2)12-29-19(24)14(4)21-31(27,20-13(3)18(23)28-5)30-17-10-8-16(9-11-17)22(25)26/h8-11,13-15H,6-7,12H2,1-5H3,(H2,20,21,27)/t13-,14-,31?/m0/s1. The highest BCUT2D eigenvalue weighted by atomic mass is 31.2. The molecule has 0 fully saturated rings. The van der Waals surface area contributed by atoms with Crippen LogP contribution in [0.5, 0.6) is 5.75 Å². The molecule has 31 heavy (non-hydrogen) atoms. The van der Waals surface area contributed by atoms with Crippen molar-refractivity contribution in [2.24, 2.45) is 5.92 Å². The Morgan fingerprint density at radius 2 is 1.58 bits per heavy atom. The van der Waals surface area contributed by atoms with Gasteiger partial charge in [0.25, 0.3) is 5.69 Å². The van der Waals surface area contributed by atoms with Gasteiger partial charge in [-0.2, -0.15) is 0 Å². The van der Waals surface area contributed by atoms with Gasteiger partial charge in [0, 0.05) is 12.1 Å². The number of hydrogen-bond acceptors (Lipinski definition) is 8. The summed E-state index contributed by atoms with van der Waals surface area (Å²) < 4.78 is 28.8. The third kappa shape index (κ3) is 8.64. The molecule has 12 heteroatoms. The second kappa shape index (κ2) is 12.4. The summed E-state index contributed by atoms with van der Waals surface area (Å²) in [4.78, 5) is 34.3. The molecule has 1 aromatic carbocycles. The van der Waals surface area contributed by atoms with E-state index in [0.29, 0.717) is 0 Å². The summed E-state index contributed by atoms with van der Waals surface area (Å²) in [5, 5.41) is 15.9. The van der Waals surface area contributed by atoms with Gasteiger partial charge in [0.1, 0.15) is 17.8 Å². The number of ether oxygens (including phenoxy) is 2. The van der Waals surface area contributed by atoms with Crippen LogP contribution in [0.4, 0.5) is 5.69 Å². The average molecular weight is 459 g/mol. The third-order valence-corrected chi connectivity index (χ3v) is 6.46. The molecule has 0 aliphatic heterocycles. The Bertz CT molecular complexity index is 798. The molecule has 174 valence electrons. The zero-order valence-corrected chi connectivity index (χ0v) is 19.2. The lowest BCUT2D eigenvalue weighted by Crippen LogP contribution is -2.43. The van der Waals surface area contributed by atoms with E-state index in [-0.39, 0.29) is 24.0 Å². The highest BCUT2D eigenvalue weighted by molar-refractivity contribution is 7.55. The van der Waals surface area contributed by atoms with Gasteiger partial charge in [-0.15, -0.1) is 0 Å². The van der Waals surface area contributed by atoms with E-state index in [0.717, 1.165) is 12.8 Å². The van der Waals surface area contributed by atoms with Gasteiger partial charge in [-0.25, -0.2) is 14.7 Å². The quantitative estimate of drug-likeness (QED) is 0.195. The molecule has 0 heterocycles. The van der Waals surface area contributed by atoms with E-state index < -0.39 is 36.6 Å². The molecule has 0 bridgehead atoms. The van der Waals surface area contributed by atoms with Crippen molar-refractivity contribution in [1.82, 2.24) is 10.2 Å². The molecule has 2 N–H and O–H groups in total. The lowest BCUT2D eigenvalue weighted by Gasteiger charge is -2.26. The van der Waals surface area contributed by atoms with Crippen LogP contribution in [-0.4, -0.2) is 42.7 Å². The lowest BCUT2D eigenvalue weighted by molar-refractivity contribution is -0.384. The van der Waals surface area contributed by atoms with Crippen molar-refractivity contribution < 1.29 is 33.1 Å². The third-order valence-electron chi connectivity index (χ3n) is 4.53. The molecule has 0 aromatic heterocycles. The predicted octanol–water partition coefficient (Wildman–Crippen LogP) is 3.19. The second-order valence-corrected chi connectivity index (χ2v) is 8.73. The molecule has 0 aliphatic carbocycles. The maximum atomic E-state index is 13.4. The average Bonchev–Trinajstić information content (AvgIpc) is 2.73. The van der Waals surface area contributed by atoms with Crippen LogP contribution in [0.25, 0.3) is 0 Å². The monoisotopic (exact) mass is 459 g/mol. The molecule has 0 radical (unpaired) electrons. The van der Waals surface area contributed by atoms with Gasteiger partial charge >= 0.3 is 19.6 Å². The molecule has 0 aliphatic rings. The molecule has 3 atom stereocenters. The number of carbonyl (C=O) groups is 2. The molecule has 1 rings (SSSR count). The normalized spacial score (nSPS) is 14.9. The molecule has 0 amide bonds. The van der Waals surface area contributed by atoms with Crippen LogP contribution in [0, 0.1) is 16.0 Å². The fraction of sp³-hybridized carbons (Fsp3) is 0.579. The molecule has 0 saturated carbocycles. The maximum Gasteiger partial charge on any atom is 0.391 e. The van der Waals surface area contributed by atoms with E-state index in [1.54, 1.807) is 0 Å². The van der Waals surface area contributed by atoms with Crippen molar-refractivity contribution in [3.63, 3.8) is 0 Å². The van der Waals surface area contributed by atoms with E-state index in [1.807, 2.05) is 13.8 Å². The van der Waals surface area contributed by atoms with Crippen LogP contribution in [0.1, 0.15) is 40.5 Å². The van der Waals surface area contributed by atoms with Gasteiger partial charge in [-0.3, -0.25) is 19.7 Å². The summed E-state index contributed by atoms with van der Waals surface area (Å²) in [6.45, 7) is 7.08. The first kappa shape index (κ1) is 26.5. The van der Waals surface area contributed by atoms with Crippen molar-refractivity contribution in [1.29, 1.82) is 0 Å². The highest BCUT2D eigenvalue weighted by Gasteiger charge is 2.34. The summed E-state index contributed by atoms with van der Waals surface area (Å²) >= 11 is 0. The number of non-ortho nitro benzene ring substituents is 1. The first-order valence-corrected chi connectivity index (χ1v) is 11.5. The number of methoxy groups -OCH3 is 1. The maximum absolute atomic E-state index is 13.4. The molecular formula is C19H30N3O8P. The first-order chi connectivity index (χ1) is 14.5. The number of carbonyl (C=O) groups excluding carboxylic acids is 2. The summed E-state index contributed by atoms with van der Waals surface area (Å²) in [5.74, 6) is -1.08. The predicted molar refractivity (Wildman–Crippen MR) is 114 cm³/mol. The van der Waals surface area contributed by atoms with Crippen LogP contribution in [0.3, 0.4) is 0 Å². The number of nitrogens with one attached hydrogen (secondary N) is 2. The Balaban J connectivity index is 2.98. The van der Waals surface area contributed by atoms with Gasteiger partial charge in [0.2, 0.25) is 0 Å². The van der Waals surface area contributed by atoms with E-state index in [9.17, 15) is 24.3 Å². The van der Waals surface area contributed by atoms with Crippen molar-refractivity contribution in [3.8, 4) is 5.75 Å². The smallest absolute Gasteiger partial charge is 0.391 e. The van der Waals surface area contributed by atoms with Gasteiger partial charge in [-0.05, 0) is 31.9 Å². The van der Waals surface area contributed by atoms with Crippen LogP contribution in [0.15, 0.2) is 24.3 Å². The van der Waals surface area contributed by atoms with E-state index in [1.165, 1.54) is 45.2 Å². The van der Waals surface area contributed by atoms with Crippen LogP contribution in [0.2, 0.25) is 0 Å². The Labute approximate surface area is 181 Å². The number of nitro groups is 1. The number of nitrogens with zero attached hydrogens (tertiary/aromatic N) is 1. The summed E-state index contributed by atoms with van der Waals surface area (Å²) in [6.07, 6.45) is 1.71. The highest BCUT2D eigenvalue weighted by Crippen LogP contribution is 2.40. The second-order valence-electron chi connectivity index (χ2n) is 6.93. The lowest BCUT2D eigenvalue weighted by atomic mass is 10.1. The number of nitro benzene ring substituents is 1. The minimum Gasteiger partial charge on any atom is -0.468 e. The van der Waals surface area contributed by atoms with Crippen LogP contribution >= 0.6 is 7.67 Å². The number of benzene rings is 1. The van der Waals surface area contributed by atoms with Crippen LogP contribution < -0.4 is 14.7 Å². The minimum atomic E-state index is -4.05. The molecule has 1 aromatic rings. The minimum absolute atomic E-state index is 0.0311. The molecule has 0 saturated heterocycles. The van der Waals surface area contributed by atoms with E-state index >= 15 is 0 Å². The van der Waals surface area contributed by atoms with E-state index in [2.05, 4.69) is 14.9 Å². The zero-order chi connectivity index (χ0) is 23.6. The largest absolute Gasteiger partial charge is 0.468 e. The van der Waals surface area contributed by atoms with Crippen molar-refractivity contribution in [2.45, 2.75) is 52.6 Å². The summed E-state index contributed by atoms with van der Waals surface area (Å²) in [7, 11) is -2.87. The zero-order valence-electron chi connectivity index (χ0n) is 18.3. The van der Waals surface area contributed by atoms with Crippen molar-refractivity contribution >= 4 is 25.3 Å². The van der Waals surface area contributed by atoms with Gasteiger partial charge in [-0.1, -0.05) is 26.7 Å². The van der Waals surface area contributed by atoms with E-state index in [4.69, 9.17) is 9.26 Å². The molecule has 1 unspecified atom stereocenters. The summed E-state index contributed by atoms with van der Waals surface area (Å²) in [5.41, 5.74) is -0.177. The SMILES string of the molecule is CCC(CC)COC(=O)[C@H](C)NP(=O)(N[C@@H](C)C(=O)OC)Oc1ccc([N+](=O)[O-])cc1. The van der Waals surface area contributed by atoms with Crippen molar-refractivity contribution in [3.05, 3.63) is 34.4 Å². The fourth-order valence-electron chi connectivity index (χ4n) is 2.51. The number of esters is 2. The number of rotatable bonds is 13. The Hall–Kier alpha value is -2.49. The van der Waals surface area contributed by atoms with Gasteiger partial charge in [0.05, 0.1) is 18.6 Å². The first-order valence-electron chi connectivity index (χ1n) is 9.89. The van der Waals surface area contributed by atoms with Gasteiger partial charge in [0.15, 0.2) is 0 Å². The topological polar surface area (TPSA) is 146 Å². The van der Waals surface area contributed by atoms with Crippen molar-refractivity contribution in [2.75, 3.05) is 13.7 Å². The Morgan fingerprint density at radius 1 is 1.06 bits per heavy atom. The number of hydrogen-bond donors (Lipinski definition) is 2. The van der Waals surface area contributed by atoms with Gasteiger partial charge < -0.3 is 14.0 Å². The fourth-order valence-corrected chi connectivity index (χ4v) is 4.34. The Morgan fingerprint density at radius 3 is 2.03 bits per heavy atom.